The van der Waals surface area contributed by atoms with E-state index in [4.69, 9.17) is 4.74 Å². The van der Waals surface area contributed by atoms with Crippen LogP contribution in [0.25, 0.3) is 6.08 Å². The van der Waals surface area contributed by atoms with Gasteiger partial charge in [0.2, 0.25) is 5.91 Å². The molecular weight excluding hydrogens is 268 g/mol. The van der Waals surface area contributed by atoms with Crippen LogP contribution in [0.3, 0.4) is 0 Å². The summed E-state index contributed by atoms with van der Waals surface area (Å²) in [6.07, 6.45) is 4.69. The van der Waals surface area contributed by atoms with Crippen molar-refractivity contribution in [3.05, 3.63) is 47.6 Å². The maximum absolute atomic E-state index is 12.1. The number of aromatic nitrogens is 3. The van der Waals surface area contributed by atoms with Crippen molar-refractivity contribution in [1.29, 1.82) is 0 Å². The lowest BCUT2D eigenvalue weighted by Crippen LogP contribution is -2.24. The molecule has 0 spiro atoms. The van der Waals surface area contributed by atoms with E-state index in [1.165, 1.54) is 12.4 Å². The van der Waals surface area contributed by atoms with Crippen LogP contribution < -0.4 is 4.74 Å². The van der Waals surface area contributed by atoms with Crippen LogP contribution in [0.15, 0.2) is 30.6 Å². The average molecular weight is 286 g/mol. The molecule has 1 amide bonds. The highest BCUT2D eigenvalue weighted by Gasteiger charge is 2.08. The summed E-state index contributed by atoms with van der Waals surface area (Å²) < 4.78 is 5.28. The number of carbonyl (C=O) groups is 1. The number of hydrogen-bond acceptors (Lipinski definition) is 4. The van der Waals surface area contributed by atoms with Gasteiger partial charge in [-0.2, -0.15) is 5.10 Å². The van der Waals surface area contributed by atoms with Crippen LogP contribution >= 0.6 is 0 Å². The van der Waals surface area contributed by atoms with Gasteiger partial charge in [0.25, 0.3) is 0 Å². The molecule has 2 aromatic rings. The zero-order chi connectivity index (χ0) is 15.2. The average Bonchev–Trinajstić information content (AvgIpc) is 2.97. The highest BCUT2D eigenvalue weighted by molar-refractivity contribution is 5.92. The Morgan fingerprint density at radius 2 is 2.29 bits per heavy atom. The van der Waals surface area contributed by atoms with Crippen molar-refractivity contribution in [2.75, 3.05) is 14.2 Å². The summed E-state index contributed by atoms with van der Waals surface area (Å²) in [6.45, 7) is 2.38. The third-order valence-corrected chi connectivity index (χ3v) is 3.02. The third-order valence-electron chi connectivity index (χ3n) is 3.02. The standard InChI is InChI=1S/C15H18N4O2/c1-11-4-6-13(21-3)12(8-11)5-7-15(20)19(2)9-14-16-10-17-18-14/h4-8,10H,9H2,1-3H3,(H,16,17,18). The molecule has 0 aliphatic carbocycles. The van der Waals surface area contributed by atoms with Crippen molar-refractivity contribution in [2.45, 2.75) is 13.5 Å². The van der Waals surface area contributed by atoms with Crippen molar-refractivity contribution >= 4 is 12.0 Å². The Labute approximate surface area is 123 Å². The first-order valence-corrected chi connectivity index (χ1v) is 6.52. The molecule has 2 rings (SSSR count). The Balaban J connectivity index is 2.06. The quantitative estimate of drug-likeness (QED) is 0.851. The van der Waals surface area contributed by atoms with Gasteiger partial charge < -0.3 is 9.64 Å². The lowest BCUT2D eigenvalue weighted by Gasteiger charge is -2.13. The first-order chi connectivity index (χ1) is 10.1. The molecule has 0 aliphatic rings. The summed E-state index contributed by atoms with van der Waals surface area (Å²) in [4.78, 5) is 17.6. The smallest absolute Gasteiger partial charge is 0.246 e. The van der Waals surface area contributed by atoms with Crippen LogP contribution in [0.2, 0.25) is 0 Å². The summed E-state index contributed by atoms with van der Waals surface area (Å²) in [5.74, 6) is 1.27. The number of rotatable bonds is 5. The fourth-order valence-corrected chi connectivity index (χ4v) is 1.88. The minimum atomic E-state index is -0.116. The van der Waals surface area contributed by atoms with Gasteiger partial charge in [-0.3, -0.25) is 9.89 Å². The number of ether oxygens (including phenoxy) is 1. The Morgan fingerprint density at radius 3 is 2.95 bits per heavy atom. The second kappa shape index (κ2) is 6.69. The molecule has 6 heteroatoms. The maximum atomic E-state index is 12.1. The van der Waals surface area contributed by atoms with Crippen LogP contribution in [0.4, 0.5) is 0 Å². The first-order valence-electron chi connectivity index (χ1n) is 6.52. The van der Waals surface area contributed by atoms with Crippen molar-refractivity contribution < 1.29 is 9.53 Å². The van der Waals surface area contributed by atoms with Gasteiger partial charge in [-0.05, 0) is 25.1 Å². The number of aryl methyl sites for hydroxylation is 1. The molecular formula is C15H18N4O2. The van der Waals surface area contributed by atoms with E-state index < -0.39 is 0 Å². The number of H-pyrrole nitrogens is 1. The summed E-state index contributed by atoms with van der Waals surface area (Å²) in [6, 6.07) is 5.82. The number of nitrogens with one attached hydrogen (secondary N) is 1. The molecule has 0 unspecified atom stereocenters. The minimum absolute atomic E-state index is 0.116. The Morgan fingerprint density at radius 1 is 1.48 bits per heavy atom. The van der Waals surface area contributed by atoms with E-state index in [9.17, 15) is 4.79 Å². The third kappa shape index (κ3) is 3.92. The van der Waals surface area contributed by atoms with Crippen molar-refractivity contribution in [3.8, 4) is 5.75 Å². The van der Waals surface area contributed by atoms with E-state index in [0.29, 0.717) is 12.4 Å². The Kier molecular flexibility index (Phi) is 4.71. The summed E-state index contributed by atoms with van der Waals surface area (Å²) in [5, 5.41) is 6.48. The summed E-state index contributed by atoms with van der Waals surface area (Å²) in [5.41, 5.74) is 1.98. The second-order valence-electron chi connectivity index (χ2n) is 4.71. The highest BCUT2D eigenvalue weighted by Crippen LogP contribution is 2.21. The number of hydrogen-bond donors (Lipinski definition) is 1. The van der Waals surface area contributed by atoms with Gasteiger partial charge in [0.1, 0.15) is 17.9 Å². The van der Waals surface area contributed by atoms with Gasteiger partial charge in [-0.25, -0.2) is 4.98 Å². The van der Waals surface area contributed by atoms with Crippen LogP contribution in [0, 0.1) is 6.92 Å². The van der Waals surface area contributed by atoms with E-state index >= 15 is 0 Å². The summed E-state index contributed by atoms with van der Waals surface area (Å²) >= 11 is 0. The largest absolute Gasteiger partial charge is 0.496 e. The van der Waals surface area contributed by atoms with Gasteiger partial charge in [0, 0.05) is 18.7 Å². The fraction of sp³-hybridized carbons (Fsp3) is 0.267. The predicted octanol–water partition coefficient (Wildman–Crippen LogP) is 1.79. The summed E-state index contributed by atoms with van der Waals surface area (Å²) in [7, 11) is 3.32. The van der Waals surface area contributed by atoms with Gasteiger partial charge in [0.15, 0.2) is 0 Å². The van der Waals surface area contributed by atoms with Crippen LogP contribution in [0.5, 0.6) is 5.75 Å². The van der Waals surface area contributed by atoms with Gasteiger partial charge in [-0.1, -0.05) is 11.6 Å². The molecule has 0 aliphatic heterocycles. The van der Waals surface area contributed by atoms with Crippen LogP contribution in [-0.4, -0.2) is 40.1 Å². The zero-order valence-electron chi connectivity index (χ0n) is 12.3. The molecule has 0 bridgehead atoms. The number of carbonyl (C=O) groups excluding carboxylic acids is 1. The Hall–Kier alpha value is -2.63. The Bertz CT molecular complexity index is 635. The van der Waals surface area contributed by atoms with E-state index in [-0.39, 0.29) is 5.91 Å². The number of aromatic amines is 1. The lowest BCUT2D eigenvalue weighted by atomic mass is 10.1. The van der Waals surface area contributed by atoms with Crippen molar-refractivity contribution in [1.82, 2.24) is 20.1 Å². The molecule has 6 nitrogen and oxygen atoms in total. The van der Waals surface area contributed by atoms with E-state index in [1.54, 1.807) is 25.1 Å². The van der Waals surface area contributed by atoms with E-state index in [0.717, 1.165) is 16.9 Å². The van der Waals surface area contributed by atoms with Crippen LogP contribution in [-0.2, 0) is 11.3 Å². The molecule has 0 atom stereocenters. The number of nitrogens with zero attached hydrogens (tertiary/aromatic N) is 3. The molecule has 21 heavy (non-hydrogen) atoms. The van der Waals surface area contributed by atoms with Gasteiger partial charge in [0.05, 0.1) is 13.7 Å². The molecule has 1 aromatic carbocycles. The highest BCUT2D eigenvalue weighted by atomic mass is 16.5. The SMILES string of the molecule is COc1ccc(C)cc1C=CC(=O)N(C)Cc1ncn[nH]1. The monoisotopic (exact) mass is 286 g/mol. The van der Waals surface area contributed by atoms with Gasteiger partial charge in [-0.15, -0.1) is 0 Å². The maximum Gasteiger partial charge on any atom is 0.246 e. The number of amides is 1. The zero-order valence-corrected chi connectivity index (χ0v) is 12.3. The molecule has 110 valence electrons. The minimum Gasteiger partial charge on any atom is -0.496 e. The molecule has 1 N–H and O–H groups in total. The molecule has 0 saturated heterocycles. The fourth-order valence-electron chi connectivity index (χ4n) is 1.88. The lowest BCUT2D eigenvalue weighted by molar-refractivity contribution is -0.125. The first kappa shape index (κ1) is 14.8. The number of benzene rings is 1. The second-order valence-corrected chi connectivity index (χ2v) is 4.71. The van der Waals surface area contributed by atoms with Gasteiger partial charge >= 0.3 is 0 Å². The molecule has 1 aromatic heterocycles. The molecule has 1 heterocycles. The van der Waals surface area contributed by atoms with Crippen LogP contribution in [0.1, 0.15) is 17.0 Å². The predicted molar refractivity (Wildman–Crippen MR) is 79.6 cm³/mol. The molecule has 0 radical (unpaired) electrons. The van der Waals surface area contributed by atoms with E-state index in [1.807, 2.05) is 25.1 Å². The normalized spacial score (nSPS) is 10.8. The van der Waals surface area contributed by atoms with Crippen molar-refractivity contribution in [3.63, 3.8) is 0 Å². The van der Waals surface area contributed by atoms with Crippen molar-refractivity contribution in [2.24, 2.45) is 0 Å². The number of methoxy groups -OCH3 is 1. The molecule has 0 saturated carbocycles. The van der Waals surface area contributed by atoms with E-state index in [2.05, 4.69) is 15.2 Å². The molecule has 0 fully saturated rings. The topological polar surface area (TPSA) is 71.1 Å². The number of likely N-dealkylation sites (N-methyl/N-ethyl adjacent to an activating group) is 1.